The van der Waals surface area contributed by atoms with Gasteiger partial charge in [0.1, 0.15) is 11.5 Å². The number of carbonyl (C=O) groups excluding carboxylic acids is 1. The molecule has 20 heavy (non-hydrogen) atoms. The standard InChI is InChI=1S/C11H8F4N4O/c1-2-6-16-10(19-18-6)11(20)17-9-7(14)4(12)3-5(13)8(9)15/h3H,2H2,1H3,(H,17,20)(H,16,18,19). The molecule has 0 unspecified atom stereocenters. The van der Waals surface area contributed by atoms with Crippen LogP contribution >= 0.6 is 0 Å². The van der Waals surface area contributed by atoms with Crippen LogP contribution in [0, 0.1) is 23.3 Å². The van der Waals surface area contributed by atoms with Crippen LogP contribution in [0.25, 0.3) is 0 Å². The average molecular weight is 288 g/mol. The smallest absolute Gasteiger partial charge is 0.295 e. The molecule has 0 saturated heterocycles. The molecule has 2 N–H and O–H groups in total. The van der Waals surface area contributed by atoms with Crippen LogP contribution < -0.4 is 5.32 Å². The maximum absolute atomic E-state index is 13.3. The molecule has 0 atom stereocenters. The average Bonchev–Trinajstić information content (AvgIpc) is 2.90. The first-order valence-corrected chi connectivity index (χ1v) is 5.49. The highest BCUT2D eigenvalue weighted by atomic mass is 19.2. The topological polar surface area (TPSA) is 70.7 Å². The highest BCUT2D eigenvalue weighted by molar-refractivity contribution is 6.01. The van der Waals surface area contributed by atoms with Crippen molar-refractivity contribution in [3.8, 4) is 0 Å². The summed E-state index contributed by atoms with van der Waals surface area (Å²) >= 11 is 0. The second kappa shape index (κ2) is 5.27. The summed E-state index contributed by atoms with van der Waals surface area (Å²) in [5.41, 5.74) is -1.23. The highest BCUT2D eigenvalue weighted by Crippen LogP contribution is 2.24. The van der Waals surface area contributed by atoms with Crippen LogP contribution in [-0.2, 0) is 6.42 Å². The van der Waals surface area contributed by atoms with Crippen LogP contribution in [0.2, 0.25) is 0 Å². The summed E-state index contributed by atoms with van der Waals surface area (Å²) < 4.78 is 52.6. The monoisotopic (exact) mass is 288 g/mol. The number of anilines is 1. The number of halogens is 4. The Morgan fingerprint density at radius 2 is 1.85 bits per heavy atom. The minimum Gasteiger partial charge on any atom is -0.314 e. The lowest BCUT2D eigenvalue weighted by atomic mass is 10.2. The number of nitrogens with zero attached hydrogens (tertiary/aromatic N) is 2. The van der Waals surface area contributed by atoms with E-state index >= 15 is 0 Å². The SMILES string of the molecule is CCc1nc(C(=O)Nc2c(F)c(F)cc(F)c2F)n[nH]1. The molecule has 0 saturated carbocycles. The molecular formula is C11H8F4N4O. The second-order valence-electron chi connectivity index (χ2n) is 3.76. The van der Waals surface area contributed by atoms with E-state index in [-0.39, 0.29) is 6.07 Å². The minimum absolute atomic E-state index is 0.0440. The fourth-order valence-electron chi connectivity index (χ4n) is 1.41. The van der Waals surface area contributed by atoms with Gasteiger partial charge in [0.05, 0.1) is 0 Å². The number of amides is 1. The van der Waals surface area contributed by atoms with Crippen molar-refractivity contribution in [2.24, 2.45) is 0 Å². The van der Waals surface area contributed by atoms with Crippen LogP contribution in [0.1, 0.15) is 23.4 Å². The number of hydrogen-bond acceptors (Lipinski definition) is 3. The molecule has 0 bridgehead atoms. The van der Waals surface area contributed by atoms with Crippen molar-refractivity contribution in [1.82, 2.24) is 15.2 Å². The summed E-state index contributed by atoms with van der Waals surface area (Å²) in [5.74, 6) is -7.77. The summed E-state index contributed by atoms with van der Waals surface area (Å²) in [6.45, 7) is 1.74. The zero-order valence-corrected chi connectivity index (χ0v) is 10.1. The normalized spacial score (nSPS) is 10.7. The van der Waals surface area contributed by atoms with E-state index in [9.17, 15) is 22.4 Å². The van der Waals surface area contributed by atoms with Crippen molar-refractivity contribution in [2.75, 3.05) is 5.32 Å². The van der Waals surface area contributed by atoms with Gasteiger partial charge in [-0.25, -0.2) is 22.5 Å². The molecule has 0 radical (unpaired) electrons. The molecule has 1 amide bonds. The summed E-state index contributed by atoms with van der Waals surface area (Å²) in [6, 6.07) is 0.0440. The third-order valence-corrected chi connectivity index (χ3v) is 2.42. The van der Waals surface area contributed by atoms with Crippen molar-refractivity contribution in [3.05, 3.63) is 41.0 Å². The minimum atomic E-state index is -1.71. The van der Waals surface area contributed by atoms with Gasteiger partial charge in [-0.3, -0.25) is 9.89 Å². The lowest BCUT2D eigenvalue weighted by Crippen LogP contribution is -2.17. The number of benzene rings is 1. The van der Waals surface area contributed by atoms with Crippen LogP contribution in [-0.4, -0.2) is 21.1 Å². The number of nitrogens with one attached hydrogen (secondary N) is 2. The molecule has 2 rings (SSSR count). The van der Waals surface area contributed by atoms with Gasteiger partial charge < -0.3 is 5.32 Å². The largest absolute Gasteiger partial charge is 0.314 e. The van der Waals surface area contributed by atoms with Gasteiger partial charge in [0.2, 0.25) is 5.82 Å². The van der Waals surface area contributed by atoms with E-state index in [0.29, 0.717) is 12.2 Å². The lowest BCUT2D eigenvalue weighted by Gasteiger charge is -2.07. The Morgan fingerprint density at radius 1 is 1.25 bits per heavy atom. The number of aromatic nitrogens is 3. The summed E-state index contributed by atoms with van der Waals surface area (Å²) in [7, 11) is 0. The molecule has 1 aromatic heterocycles. The van der Waals surface area contributed by atoms with Crippen molar-refractivity contribution in [3.63, 3.8) is 0 Å². The maximum Gasteiger partial charge on any atom is 0.295 e. The number of aryl methyl sites for hydroxylation is 1. The predicted octanol–water partition coefficient (Wildman–Crippen LogP) is 2.18. The highest BCUT2D eigenvalue weighted by Gasteiger charge is 2.22. The van der Waals surface area contributed by atoms with E-state index in [1.807, 2.05) is 0 Å². The van der Waals surface area contributed by atoms with Crippen LogP contribution in [0.3, 0.4) is 0 Å². The zero-order valence-electron chi connectivity index (χ0n) is 10.1. The van der Waals surface area contributed by atoms with Crippen LogP contribution in [0.4, 0.5) is 23.2 Å². The summed E-state index contributed by atoms with van der Waals surface area (Å²) in [5, 5.41) is 7.62. The van der Waals surface area contributed by atoms with E-state index in [2.05, 4.69) is 15.2 Å². The molecule has 1 aromatic carbocycles. The Balaban J connectivity index is 2.32. The molecule has 5 nitrogen and oxygen atoms in total. The van der Waals surface area contributed by atoms with Gasteiger partial charge in [0.25, 0.3) is 5.91 Å². The van der Waals surface area contributed by atoms with E-state index in [4.69, 9.17) is 0 Å². The number of hydrogen-bond donors (Lipinski definition) is 2. The number of carbonyl (C=O) groups is 1. The Labute approximate surface area is 110 Å². The van der Waals surface area contributed by atoms with Crippen LogP contribution in [0.5, 0.6) is 0 Å². The third kappa shape index (κ3) is 2.46. The Hall–Kier alpha value is -2.45. The van der Waals surface area contributed by atoms with Crippen molar-refractivity contribution in [1.29, 1.82) is 0 Å². The molecule has 0 aliphatic carbocycles. The van der Waals surface area contributed by atoms with Crippen molar-refractivity contribution < 1.29 is 22.4 Å². The van der Waals surface area contributed by atoms with Gasteiger partial charge in [0.15, 0.2) is 23.3 Å². The van der Waals surface area contributed by atoms with E-state index in [1.165, 1.54) is 0 Å². The first-order valence-electron chi connectivity index (χ1n) is 5.49. The molecule has 9 heteroatoms. The second-order valence-corrected chi connectivity index (χ2v) is 3.76. The summed E-state index contributed by atoms with van der Waals surface area (Å²) in [4.78, 5) is 15.4. The van der Waals surface area contributed by atoms with Gasteiger partial charge in [-0.1, -0.05) is 6.92 Å². The molecule has 1 heterocycles. The molecule has 106 valence electrons. The quantitative estimate of drug-likeness (QED) is 0.671. The van der Waals surface area contributed by atoms with Gasteiger partial charge in [-0.15, -0.1) is 5.10 Å². The molecule has 0 spiro atoms. The Bertz CT molecular complexity index is 644. The van der Waals surface area contributed by atoms with E-state index in [1.54, 1.807) is 12.2 Å². The van der Waals surface area contributed by atoms with Gasteiger partial charge >= 0.3 is 0 Å². The predicted molar refractivity (Wildman–Crippen MR) is 60.0 cm³/mol. The zero-order chi connectivity index (χ0) is 14.9. The van der Waals surface area contributed by atoms with Crippen molar-refractivity contribution >= 4 is 11.6 Å². The molecule has 0 aliphatic rings. The van der Waals surface area contributed by atoms with E-state index < -0.39 is 40.7 Å². The fraction of sp³-hybridized carbons (Fsp3) is 0.182. The van der Waals surface area contributed by atoms with Gasteiger partial charge in [-0.05, 0) is 0 Å². The fourth-order valence-corrected chi connectivity index (χ4v) is 1.41. The lowest BCUT2D eigenvalue weighted by molar-refractivity contribution is 0.101. The molecule has 2 aromatic rings. The Kier molecular flexibility index (Phi) is 3.68. The first kappa shape index (κ1) is 14.0. The Morgan fingerprint density at radius 3 is 2.35 bits per heavy atom. The van der Waals surface area contributed by atoms with Gasteiger partial charge in [0, 0.05) is 12.5 Å². The number of aromatic amines is 1. The molecule has 0 aliphatic heterocycles. The molecule has 0 fully saturated rings. The number of H-pyrrole nitrogens is 1. The van der Waals surface area contributed by atoms with Crippen LogP contribution in [0.15, 0.2) is 6.07 Å². The number of rotatable bonds is 3. The van der Waals surface area contributed by atoms with Crippen molar-refractivity contribution in [2.45, 2.75) is 13.3 Å². The third-order valence-electron chi connectivity index (χ3n) is 2.42. The summed E-state index contributed by atoms with van der Waals surface area (Å²) in [6.07, 6.45) is 0.456. The van der Waals surface area contributed by atoms with Gasteiger partial charge in [-0.2, -0.15) is 0 Å². The maximum atomic E-state index is 13.3. The first-order chi connectivity index (χ1) is 9.43. The molecular weight excluding hydrogens is 280 g/mol. The van der Waals surface area contributed by atoms with E-state index in [0.717, 1.165) is 0 Å².